The quantitative estimate of drug-likeness (QED) is 0.182. The average Bonchev–Trinajstić information content (AvgIpc) is 2.86. The number of carbonyl (C=O) groups excluding carboxylic acids is 3. The molecule has 1 aliphatic rings. The predicted octanol–water partition coefficient (Wildman–Crippen LogP) is -1.05. The number of nitrogens with one attached hydrogen (secondary N) is 2. The Balaban J connectivity index is 0.000000401. The largest absolute Gasteiger partial charge is 0.478 e. The molecular weight excluding hydrogens is 372 g/mol. The Morgan fingerprint density at radius 2 is 1.85 bits per heavy atom. The van der Waals surface area contributed by atoms with Crippen molar-refractivity contribution >= 4 is 39.5 Å². The summed E-state index contributed by atoms with van der Waals surface area (Å²) in [6.07, 6.45) is 0.745. The molecule has 0 aliphatic carbocycles. The van der Waals surface area contributed by atoms with Crippen molar-refractivity contribution in [1.29, 1.82) is 0 Å². The van der Waals surface area contributed by atoms with E-state index >= 15 is 0 Å². The summed E-state index contributed by atoms with van der Waals surface area (Å²) in [6.45, 7) is 3.06. The van der Waals surface area contributed by atoms with E-state index in [-0.39, 0.29) is 11.3 Å². The molecule has 26 heavy (non-hydrogen) atoms. The molecule has 144 valence electrons. The van der Waals surface area contributed by atoms with Crippen LogP contribution in [0.15, 0.2) is 18.3 Å². The number of hydrogen-bond donors (Lipinski definition) is 5. The number of hydrazine groups is 1. The number of rotatable bonds is 3. The van der Waals surface area contributed by atoms with Crippen molar-refractivity contribution in [2.24, 2.45) is 5.84 Å². The number of aromatic nitrogens is 1. The smallest absolute Gasteiger partial charge is 0.337 e. The zero-order valence-corrected chi connectivity index (χ0v) is 14.6. The molecule has 2 heterocycles. The van der Waals surface area contributed by atoms with E-state index in [4.69, 9.17) is 15.5 Å². The number of aromatic carboxylic acids is 1. The minimum atomic E-state index is -4.42. The maximum absolute atomic E-state index is 10.6. The van der Waals surface area contributed by atoms with Gasteiger partial charge in [-0.15, -0.1) is 0 Å². The molecule has 0 bridgehead atoms. The number of nitrogens with zero attached hydrogens (tertiary/aromatic N) is 1. The predicted molar refractivity (Wildman–Crippen MR) is 88.5 cm³/mol. The maximum Gasteiger partial charge on any atom is 0.337 e. The minimum absolute atomic E-state index is 0.143. The Hall–Kier alpha value is -2.90. The lowest BCUT2D eigenvalue weighted by molar-refractivity contribution is -0.124. The second-order valence-electron chi connectivity index (χ2n) is 4.91. The fraction of sp³-hybridized carbons (Fsp3) is 0.308. The van der Waals surface area contributed by atoms with E-state index in [0.29, 0.717) is 5.82 Å². The molecule has 1 unspecified atom stereocenters. The Bertz CT molecular complexity index is 772. The number of nitrogens with two attached hydrogens (primary N) is 1. The first-order chi connectivity index (χ1) is 11.9. The molecule has 1 atom stereocenters. The van der Waals surface area contributed by atoms with Crippen LogP contribution in [-0.2, 0) is 24.5 Å². The van der Waals surface area contributed by atoms with Gasteiger partial charge in [0.25, 0.3) is 10.1 Å². The molecule has 2 amide bonds. The molecule has 0 spiro atoms. The maximum atomic E-state index is 10.6. The van der Waals surface area contributed by atoms with E-state index in [9.17, 15) is 27.6 Å². The van der Waals surface area contributed by atoms with Crippen LogP contribution in [0.1, 0.15) is 30.6 Å². The van der Waals surface area contributed by atoms with Crippen molar-refractivity contribution in [3.63, 3.8) is 0 Å². The van der Waals surface area contributed by atoms with Crippen LogP contribution >= 0.6 is 0 Å². The number of imide groups is 1. The number of pyridine rings is 1. The SMILES string of the molecule is CC(C)=O.NNc1ccc(C(=O)O)cn1.O=C1CC(S(=O)(=O)O)C(=O)N1. The molecule has 0 radical (unpaired) electrons. The van der Waals surface area contributed by atoms with Crippen LogP contribution in [0.4, 0.5) is 5.82 Å². The van der Waals surface area contributed by atoms with Crippen molar-refractivity contribution in [2.75, 3.05) is 5.43 Å². The zero-order valence-electron chi connectivity index (χ0n) is 13.8. The number of ketones is 1. The molecule has 1 aliphatic heterocycles. The highest BCUT2D eigenvalue weighted by Gasteiger charge is 2.39. The average molecular weight is 390 g/mol. The third kappa shape index (κ3) is 8.81. The third-order valence-corrected chi connectivity index (χ3v) is 3.54. The molecule has 0 aromatic carbocycles. The summed E-state index contributed by atoms with van der Waals surface area (Å²) >= 11 is 0. The first-order valence-corrected chi connectivity index (χ1v) is 8.32. The highest BCUT2D eigenvalue weighted by Crippen LogP contribution is 2.09. The topological polar surface area (TPSA) is 206 Å². The van der Waals surface area contributed by atoms with Gasteiger partial charge in [0.15, 0.2) is 5.25 Å². The summed E-state index contributed by atoms with van der Waals surface area (Å²) in [4.78, 5) is 44.4. The highest BCUT2D eigenvalue weighted by molar-refractivity contribution is 7.87. The molecule has 13 heteroatoms. The van der Waals surface area contributed by atoms with Crippen LogP contribution in [0, 0.1) is 0 Å². The Labute approximate surface area is 148 Å². The lowest BCUT2D eigenvalue weighted by Gasteiger charge is -1.98. The van der Waals surface area contributed by atoms with Crippen LogP contribution in [0.3, 0.4) is 0 Å². The van der Waals surface area contributed by atoms with Crippen molar-refractivity contribution < 1.29 is 37.3 Å². The number of anilines is 1. The van der Waals surface area contributed by atoms with Gasteiger partial charge in [0.2, 0.25) is 11.8 Å². The highest BCUT2D eigenvalue weighted by atomic mass is 32.2. The van der Waals surface area contributed by atoms with Gasteiger partial charge >= 0.3 is 5.97 Å². The van der Waals surface area contributed by atoms with E-state index in [0.717, 1.165) is 0 Å². The second-order valence-corrected chi connectivity index (χ2v) is 6.51. The van der Waals surface area contributed by atoms with E-state index in [1.165, 1.54) is 32.2 Å². The Morgan fingerprint density at radius 1 is 1.31 bits per heavy atom. The standard InChI is InChI=1S/C6H7N3O2.C4H5NO5S.C3H6O/c7-9-5-2-1-4(3-8-5)6(10)11;6-3-1-2(4(7)5-3)11(8,9)10;1-3(2)4/h1-3H,7H2,(H,8,9)(H,10,11);2H,1H2,(H,5,6,7)(H,8,9,10);1-2H3. The van der Waals surface area contributed by atoms with Crippen LogP contribution in [0.2, 0.25) is 0 Å². The van der Waals surface area contributed by atoms with E-state index in [1.54, 1.807) is 5.32 Å². The third-order valence-electron chi connectivity index (χ3n) is 2.44. The number of carbonyl (C=O) groups is 4. The summed E-state index contributed by atoms with van der Waals surface area (Å²) in [7, 11) is -4.42. The van der Waals surface area contributed by atoms with Gasteiger partial charge < -0.3 is 15.3 Å². The normalized spacial score (nSPS) is 15.6. The van der Waals surface area contributed by atoms with Gasteiger partial charge in [-0.1, -0.05) is 0 Å². The summed E-state index contributed by atoms with van der Waals surface area (Å²) in [5.41, 5.74) is 2.43. The first-order valence-electron chi connectivity index (χ1n) is 6.81. The summed E-state index contributed by atoms with van der Waals surface area (Å²) in [5.74, 6) is 2.98. The Kier molecular flexibility index (Phi) is 9.04. The van der Waals surface area contributed by atoms with Gasteiger partial charge in [-0.2, -0.15) is 8.42 Å². The van der Waals surface area contributed by atoms with Crippen LogP contribution in [0.25, 0.3) is 0 Å². The van der Waals surface area contributed by atoms with E-state index < -0.39 is 39.6 Å². The number of hydrogen-bond acceptors (Lipinski definition) is 9. The van der Waals surface area contributed by atoms with Crippen molar-refractivity contribution in [3.8, 4) is 0 Å². The second kappa shape index (κ2) is 10.2. The minimum Gasteiger partial charge on any atom is -0.478 e. The van der Waals surface area contributed by atoms with Crippen LogP contribution < -0.4 is 16.6 Å². The molecule has 1 aromatic heterocycles. The summed E-state index contributed by atoms with van der Waals surface area (Å²) in [5, 5.41) is 8.60. The summed E-state index contributed by atoms with van der Waals surface area (Å²) in [6, 6.07) is 2.91. The van der Waals surface area contributed by atoms with Crippen LogP contribution in [0.5, 0.6) is 0 Å². The molecule has 6 N–H and O–H groups in total. The molecule has 2 rings (SSSR count). The Morgan fingerprint density at radius 3 is 2.08 bits per heavy atom. The molecule has 12 nitrogen and oxygen atoms in total. The van der Waals surface area contributed by atoms with Crippen molar-refractivity contribution in [3.05, 3.63) is 23.9 Å². The lowest BCUT2D eigenvalue weighted by atomic mass is 10.3. The van der Waals surface area contributed by atoms with Gasteiger partial charge in [-0.3, -0.25) is 19.5 Å². The molecule has 1 fully saturated rings. The summed E-state index contributed by atoms with van der Waals surface area (Å²) < 4.78 is 29.0. The van der Waals surface area contributed by atoms with Gasteiger partial charge in [0, 0.05) is 6.20 Å². The van der Waals surface area contributed by atoms with Crippen LogP contribution in [-0.4, -0.2) is 51.9 Å². The van der Waals surface area contributed by atoms with E-state index in [2.05, 4.69) is 10.4 Å². The van der Waals surface area contributed by atoms with Crippen molar-refractivity contribution in [2.45, 2.75) is 25.5 Å². The van der Waals surface area contributed by atoms with Crippen molar-refractivity contribution in [1.82, 2.24) is 10.3 Å². The van der Waals surface area contributed by atoms with Gasteiger partial charge in [-0.25, -0.2) is 15.6 Å². The van der Waals surface area contributed by atoms with Gasteiger partial charge in [0.05, 0.1) is 12.0 Å². The molecule has 1 saturated heterocycles. The first kappa shape index (κ1) is 23.1. The van der Waals surface area contributed by atoms with Gasteiger partial charge in [-0.05, 0) is 26.0 Å². The number of carboxylic acids is 1. The number of carboxylic acid groups (broad SMARTS) is 1. The monoisotopic (exact) mass is 390 g/mol. The number of amides is 2. The fourth-order valence-corrected chi connectivity index (χ4v) is 2.07. The molecule has 0 saturated carbocycles. The number of Topliss-reactive ketones (excluding diaryl/α,β-unsaturated/α-hetero) is 1. The zero-order chi connectivity index (χ0) is 20.5. The van der Waals surface area contributed by atoms with E-state index in [1.807, 2.05) is 0 Å². The van der Waals surface area contributed by atoms with Gasteiger partial charge in [0.1, 0.15) is 11.6 Å². The molecule has 1 aromatic rings. The number of nitrogen functional groups attached to an aromatic ring is 1. The lowest BCUT2D eigenvalue weighted by Crippen LogP contribution is -2.30. The molecular formula is C13H18N4O8S. The fourth-order valence-electron chi connectivity index (χ4n) is 1.38.